The molecule has 1 saturated heterocycles. The second kappa shape index (κ2) is 4.54. The molecule has 0 amide bonds. The molecule has 3 nitrogen and oxygen atoms in total. The van der Waals surface area contributed by atoms with E-state index in [0.717, 1.165) is 37.2 Å². The Hall–Kier alpha value is -1.53. The smallest absolute Gasteiger partial charge is 0.0992 e. The lowest BCUT2D eigenvalue weighted by Crippen LogP contribution is -2.35. The van der Waals surface area contributed by atoms with E-state index in [1.54, 1.807) is 0 Å². The van der Waals surface area contributed by atoms with Crippen LogP contribution in [0.3, 0.4) is 0 Å². The second-order valence-corrected chi connectivity index (χ2v) is 4.39. The van der Waals surface area contributed by atoms with Gasteiger partial charge in [-0.2, -0.15) is 5.26 Å². The van der Waals surface area contributed by atoms with Crippen LogP contribution in [-0.2, 0) is 0 Å². The summed E-state index contributed by atoms with van der Waals surface area (Å²) in [5.41, 5.74) is 2.92. The molecule has 0 unspecified atom stereocenters. The molecule has 1 aromatic rings. The first kappa shape index (κ1) is 11.0. The highest BCUT2D eigenvalue weighted by Gasteiger charge is 2.17. The fourth-order valence-electron chi connectivity index (χ4n) is 2.13. The molecular formula is C13H16N2O. The zero-order valence-electron chi connectivity index (χ0n) is 9.48. The van der Waals surface area contributed by atoms with E-state index in [-0.39, 0.29) is 6.10 Å². The number of aliphatic hydroxyl groups excluding tert-OH is 1. The van der Waals surface area contributed by atoms with Crippen LogP contribution in [0.25, 0.3) is 0 Å². The number of aryl methyl sites for hydroxylation is 1. The van der Waals surface area contributed by atoms with Crippen molar-refractivity contribution in [2.75, 3.05) is 18.0 Å². The molecule has 3 heteroatoms. The molecule has 2 rings (SSSR count). The van der Waals surface area contributed by atoms with E-state index in [9.17, 15) is 5.11 Å². The van der Waals surface area contributed by atoms with E-state index in [1.807, 2.05) is 19.1 Å². The lowest BCUT2D eigenvalue weighted by molar-refractivity contribution is 0.145. The molecule has 1 aliphatic heterocycles. The monoisotopic (exact) mass is 216 g/mol. The van der Waals surface area contributed by atoms with Crippen LogP contribution < -0.4 is 4.90 Å². The van der Waals surface area contributed by atoms with Gasteiger partial charge >= 0.3 is 0 Å². The normalized spacial score (nSPS) is 17.2. The Morgan fingerprint density at radius 2 is 2.00 bits per heavy atom. The van der Waals surface area contributed by atoms with Crippen LogP contribution in [0.2, 0.25) is 0 Å². The molecular weight excluding hydrogens is 200 g/mol. The Balaban J connectivity index is 2.20. The Bertz CT molecular complexity index is 414. The van der Waals surface area contributed by atoms with Gasteiger partial charge in [-0.15, -0.1) is 0 Å². The van der Waals surface area contributed by atoms with E-state index < -0.39 is 0 Å². The molecule has 1 aliphatic rings. The lowest BCUT2D eigenvalue weighted by Gasteiger charge is -2.31. The summed E-state index contributed by atoms with van der Waals surface area (Å²) in [6.45, 7) is 3.74. The van der Waals surface area contributed by atoms with Gasteiger partial charge in [-0.05, 0) is 43.5 Å². The Kier molecular flexibility index (Phi) is 3.12. The molecule has 0 aliphatic carbocycles. The lowest BCUT2D eigenvalue weighted by atomic mass is 10.1. The molecule has 0 aromatic heterocycles. The Morgan fingerprint density at radius 3 is 2.62 bits per heavy atom. The molecule has 1 N–H and O–H groups in total. The number of hydrogen-bond donors (Lipinski definition) is 1. The molecule has 84 valence electrons. The number of aliphatic hydroxyl groups is 1. The topological polar surface area (TPSA) is 47.3 Å². The van der Waals surface area contributed by atoms with Crippen LogP contribution in [0, 0.1) is 18.3 Å². The van der Waals surface area contributed by atoms with Crippen molar-refractivity contribution in [1.29, 1.82) is 5.26 Å². The summed E-state index contributed by atoms with van der Waals surface area (Å²) in [5, 5.41) is 18.4. The maximum Gasteiger partial charge on any atom is 0.0992 e. The van der Waals surface area contributed by atoms with Crippen molar-refractivity contribution >= 4 is 5.69 Å². The van der Waals surface area contributed by atoms with Crippen LogP contribution in [0.4, 0.5) is 5.69 Å². The predicted octanol–water partition coefficient (Wildman–Crippen LogP) is 1.83. The highest BCUT2D eigenvalue weighted by atomic mass is 16.3. The van der Waals surface area contributed by atoms with Gasteiger partial charge in [0.1, 0.15) is 0 Å². The summed E-state index contributed by atoms with van der Waals surface area (Å²) >= 11 is 0. The van der Waals surface area contributed by atoms with Crippen molar-refractivity contribution in [1.82, 2.24) is 0 Å². The molecule has 0 saturated carbocycles. The number of nitriles is 1. The molecule has 1 heterocycles. The van der Waals surface area contributed by atoms with Gasteiger partial charge in [-0.1, -0.05) is 0 Å². The third-order valence-electron chi connectivity index (χ3n) is 3.02. The van der Waals surface area contributed by atoms with E-state index in [0.29, 0.717) is 5.56 Å². The number of benzene rings is 1. The summed E-state index contributed by atoms with van der Waals surface area (Å²) in [5.74, 6) is 0. The van der Waals surface area contributed by atoms with Gasteiger partial charge in [0, 0.05) is 18.8 Å². The van der Waals surface area contributed by atoms with Crippen LogP contribution in [-0.4, -0.2) is 24.3 Å². The van der Waals surface area contributed by atoms with Crippen molar-refractivity contribution in [2.45, 2.75) is 25.9 Å². The summed E-state index contributed by atoms with van der Waals surface area (Å²) in [6, 6.07) is 8.09. The highest BCUT2D eigenvalue weighted by molar-refractivity contribution is 5.54. The second-order valence-electron chi connectivity index (χ2n) is 4.39. The van der Waals surface area contributed by atoms with Crippen molar-refractivity contribution in [3.05, 3.63) is 29.3 Å². The average molecular weight is 216 g/mol. The number of anilines is 1. The summed E-state index contributed by atoms with van der Waals surface area (Å²) in [6.07, 6.45) is 1.47. The van der Waals surface area contributed by atoms with Gasteiger partial charge in [0.15, 0.2) is 0 Å². The minimum absolute atomic E-state index is 0.156. The number of hydrogen-bond acceptors (Lipinski definition) is 3. The molecule has 16 heavy (non-hydrogen) atoms. The molecule has 0 radical (unpaired) electrons. The molecule has 0 atom stereocenters. The van der Waals surface area contributed by atoms with Gasteiger partial charge < -0.3 is 10.0 Å². The van der Waals surface area contributed by atoms with Crippen LogP contribution in [0.15, 0.2) is 18.2 Å². The molecule has 1 fully saturated rings. The number of rotatable bonds is 1. The fraction of sp³-hybridized carbons (Fsp3) is 0.462. The van der Waals surface area contributed by atoms with Crippen molar-refractivity contribution in [3.8, 4) is 6.07 Å². The van der Waals surface area contributed by atoms with Crippen molar-refractivity contribution < 1.29 is 5.11 Å². The minimum Gasteiger partial charge on any atom is -0.393 e. The number of nitrogens with zero attached hydrogens (tertiary/aromatic N) is 2. The predicted molar refractivity (Wildman–Crippen MR) is 63.3 cm³/mol. The van der Waals surface area contributed by atoms with E-state index in [1.165, 1.54) is 0 Å². The van der Waals surface area contributed by atoms with Gasteiger partial charge in [0.25, 0.3) is 0 Å². The van der Waals surface area contributed by atoms with E-state index in [2.05, 4.69) is 17.0 Å². The molecule has 0 bridgehead atoms. The van der Waals surface area contributed by atoms with Gasteiger partial charge in [0.2, 0.25) is 0 Å². The van der Waals surface area contributed by atoms with Gasteiger partial charge in [0.05, 0.1) is 17.7 Å². The van der Waals surface area contributed by atoms with Gasteiger partial charge in [-0.3, -0.25) is 0 Å². The van der Waals surface area contributed by atoms with Crippen molar-refractivity contribution in [2.24, 2.45) is 0 Å². The molecule has 1 aromatic carbocycles. The number of piperidine rings is 1. The quantitative estimate of drug-likeness (QED) is 0.779. The van der Waals surface area contributed by atoms with Crippen molar-refractivity contribution in [3.63, 3.8) is 0 Å². The first-order chi connectivity index (χ1) is 7.69. The van der Waals surface area contributed by atoms with Crippen LogP contribution in [0.1, 0.15) is 24.0 Å². The Morgan fingerprint density at radius 1 is 1.31 bits per heavy atom. The maximum absolute atomic E-state index is 9.45. The van der Waals surface area contributed by atoms with Crippen LogP contribution in [0.5, 0.6) is 0 Å². The van der Waals surface area contributed by atoms with E-state index in [4.69, 9.17) is 5.26 Å². The maximum atomic E-state index is 9.45. The largest absolute Gasteiger partial charge is 0.393 e. The average Bonchev–Trinajstić information content (AvgIpc) is 2.29. The van der Waals surface area contributed by atoms with Crippen LogP contribution >= 0.6 is 0 Å². The molecule has 0 spiro atoms. The van der Waals surface area contributed by atoms with E-state index >= 15 is 0 Å². The fourth-order valence-corrected chi connectivity index (χ4v) is 2.13. The zero-order valence-corrected chi connectivity index (χ0v) is 9.48. The Labute approximate surface area is 95.9 Å². The third kappa shape index (κ3) is 2.34. The van der Waals surface area contributed by atoms with Gasteiger partial charge in [-0.25, -0.2) is 0 Å². The minimum atomic E-state index is -0.156. The first-order valence-electron chi connectivity index (χ1n) is 5.64. The first-order valence-corrected chi connectivity index (χ1v) is 5.64. The third-order valence-corrected chi connectivity index (χ3v) is 3.02. The summed E-state index contributed by atoms with van der Waals surface area (Å²) in [7, 11) is 0. The standard InChI is InChI=1S/C13H16N2O/c1-10-6-11(9-14)8-12(7-10)15-4-2-13(16)3-5-15/h6-8,13,16H,2-5H2,1H3. The zero-order chi connectivity index (χ0) is 11.5. The summed E-state index contributed by atoms with van der Waals surface area (Å²) in [4.78, 5) is 2.24. The summed E-state index contributed by atoms with van der Waals surface area (Å²) < 4.78 is 0. The SMILES string of the molecule is Cc1cc(C#N)cc(N2CCC(O)CC2)c1. The highest BCUT2D eigenvalue weighted by Crippen LogP contribution is 2.22.